The molecular formula is C86H164NO8P. The highest BCUT2D eigenvalue weighted by Crippen LogP contribution is 2.38. The fourth-order valence-electron chi connectivity index (χ4n) is 12.8. The van der Waals surface area contributed by atoms with E-state index in [0.717, 1.165) is 44.9 Å². The Bertz CT molecular complexity index is 1760. The Morgan fingerprint density at radius 2 is 0.562 bits per heavy atom. The number of nitrogens with zero attached hydrogens (tertiary/aromatic N) is 1. The second kappa shape index (κ2) is 77.1. The summed E-state index contributed by atoms with van der Waals surface area (Å²) in [5, 5.41) is 0. The first-order valence-electron chi connectivity index (χ1n) is 42.3. The molecule has 0 aromatic heterocycles. The molecule has 0 aromatic rings. The molecule has 0 spiro atoms. The first-order valence-corrected chi connectivity index (χ1v) is 43.8. The predicted molar refractivity (Wildman–Crippen MR) is 416 cm³/mol. The van der Waals surface area contributed by atoms with Crippen LogP contribution in [-0.4, -0.2) is 70.0 Å². The summed E-state index contributed by atoms with van der Waals surface area (Å²) in [7, 11) is 1.19. The largest absolute Gasteiger partial charge is 0.756 e. The van der Waals surface area contributed by atoms with Crippen LogP contribution in [-0.2, 0) is 32.7 Å². The Balaban J connectivity index is 3.86. The van der Waals surface area contributed by atoms with E-state index >= 15 is 0 Å². The van der Waals surface area contributed by atoms with Gasteiger partial charge in [0.15, 0.2) is 6.10 Å². The van der Waals surface area contributed by atoms with Gasteiger partial charge in [-0.1, -0.05) is 396 Å². The van der Waals surface area contributed by atoms with Crippen LogP contribution >= 0.6 is 7.82 Å². The van der Waals surface area contributed by atoms with Gasteiger partial charge >= 0.3 is 11.9 Å². The van der Waals surface area contributed by atoms with Crippen LogP contribution in [0.2, 0.25) is 0 Å². The Morgan fingerprint density at radius 3 is 0.823 bits per heavy atom. The number of esters is 2. The smallest absolute Gasteiger partial charge is 0.306 e. The Hall–Kier alpha value is -2.03. The zero-order chi connectivity index (χ0) is 69.7. The molecule has 0 saturated carbocycles. The molecule has 0 radical (unpaired) electrons. The summed E-state index contributed by atoms with van der Waals surface area (Å²) < 4.78 is 34.5. The number of ether oxygens (including phenoxy) is 2. The molecule has 9 nitrogen and oxygen atoms in total. The molecule has 2 atom stereocenters. The Labute approximate surface area is 598 Å². The van der Waals surface area contributed by atoms with Gasteiger partial charge in [-0.05, 0) is 77.0 Å². The third kappa shape index (κ3) is 80.9. The van der Waals surface area contributed by atoms with E-state index in [0.29, 0.717) is 17.4 Å². The third-order valence-corrected chi connectivity index (χ3v) is 20.3. The third-order valence-electron chi connectivity index (χ3n) is 19.3. The average Bonchev–Trinajstić information content (AvgIpc) is 2.54. The molecule has 0 N–H and O–H groups in total. The van der Waals surface area contributed by atoms with Crippen molar-refractivity contribution in [2.45, 2.75) is 444 Å². The minimum Gasteiger partial charge on any atom is -0.756 e. The van der Waals surface area contributed by atoms with Gasteiger partial charge in [0.25, 0.3) is 7.82 Å². The lowest BCUT2D eigenvalue weighted by molar-refractivity contribution is -0.870. The molecule has 0 rings (SSSR count). The fraction of sp³-hybridized carbons (Fsp3) is 0.884. The summed E-state index contributed by atoms with van der Waals surface area (Å²) in [5.41, 5.74) is 0. The number of hydrogen-bond donors (Lipinski definition) is 0. The maximum Gasteiger partial charge on any atom is 0.306 e. The van der Waals surface area contributed by atoms with Crippen molar-refractivity contribution < 1.29 is 42.1 Å². The predicted octanol–water partition coefficient (Wildman–Crippen LogP) is 27.7. The summed E-state index contributed by atoms with van der Waals surface area (Å²) in [6.07, 6.45) is 103. The highest BCUT2D eigenvalue weighted by molar-refractivity contribution is 7.45. The van der Waals surface area contributed by atoms with E-state index in [4.69, 9.17) is 18.5 Å². The summed E-state index contributed by atoms with van der Waals surface area (Å²) in [6, 6.07) is 0. The van der Waals surface area contributed by atoms with Gasteiger partial charge in [0.2, 0.25) is 0 Å². The molecule has 0 amide bonds. The monoisotopic (exact) mass is 1370 g/mol. The maximum atomic E-state index is 12.9. The molecule has 0 aromatic carbocycles. The molecule has 10 heteroatoms. The van der Waals surface area contributed by atoms with Gasteiger partial charge in [0.05, 0.1) is 27.7 Å². The van der Waals surface area contributed by atoms with Gasteiger partial charge in [-0.2, -0.15) is 0 Å². The number of phosphoric ester groups is 1. The molecule has 0 saturated heterocycles. The lowest BCUT2D eigenvalue weighted by Crippen LogP contribution is -2.37. The number of hydrogen-bond acceptors (Lipinski definition) is 8. The van der Waals surface area contributed by atoms with Crippen molar-refractivity contribution in [1.82, 2.24) is 0 Å². The topological polar surface area (TPSA) is 111 Å². The Morgan fingerprint density at radius 1 is 0.323 bits per heavy atom. The summed E-state index contributed by atoms with van der Waals surface area (Å²) in [5.74, 6) is -0.807. The number of carbonyl (C=O) groups is 2. The zero-order valence-electron chi connectivity index (χ0n) is 64.9. The lowest BCUT2D eigenvalue weighted by atomic mass is 10.0. The van der Waals surface area contributed by atoms with Gasteiger partial charge in [-0.3, -0.25) is 14.2 Å². The van der Waals surface area contributed by atoms with Crippen LogP contribution in [0.5, 0.6) is 0 Å². The average molecular weight is 1370 g/mol. The van der Waals surface area contributed by atoms with E-state index < -0.39 is 26.5 Å². The van der Waals surface area contributed by atoms with Crippen LogP contribution in [0.1, 0.15) is 438 Å². The number of carbonyl (C=O) groups excluding carboxylic acids is 2. The van der Waals surface area contributed by atoms with Crippen molar-refractivity contribution in [1.29, 1.82) is 0 Å². The second-order valence-corrected chi connectivity index (χ2v) is 31.6. The molecule has 2 unspecified atom stereocenters. The number of phosphoric acid groups is 1. The molecule has 0 aliphatic heterocycles. The van der Waals surface area contributed by atoms with E-state index in [1.165, 1.54) is 360 Å². The zero-order valence-corrected chi connectivity index (χ0v) is 65.7. The van der Waals surface area contributed by atoms with E-state index in [2.05, 4.69) is 62.5 Å². The number of likely N-dealkylation sites (N-methyl/N-ethyl adjacent to an activating group) is 1. The number of allylic oxidation sites excluding steroid dienone is 8. The van der Waals surface area contributed by atoms with Crippen molar-refractivity contribution in [3.63, 3.8) is 0 Å². The highest BCUT2D eigenvalue weighted by Gasteiger charge is 2.22. The highest BCUT2D eigenvalue weighted by atomic mass is 31.2. The lowest BCUT2D eigenvalue weighted by Gasteiger charge is -2.28. The summed E-state index contributed by atoms with van der Waals surface area (Å²) in [6.45, 7) is 4.30. The summed E-state index contributed by atoms with van der Waals surface area (Å²) in [4.78, 5) is 38.2. The van der Waals surface area contributed by atoms with E-state index in [1.807, 2.05) is 21.1 Å². The summed E-state index contributed by atoms with van der Waals surface area (Å²) >= 11 is 0. The number of quaternary nitrogens is 1. The molecule has 566 valence electrons. The van der Waals surface area contributed by atoms with Crippen LogP contribution in [0, 0.1) is 0 Å². The normalized spacial score (nSPS) is 13.2. The first-order chi connectivity index (χ1) is 47.0. The van der Waals surface area contributed by atoms with Gasteiger partial charge in [0, 0.05) is 12.8 Å². The second-order valence-electron chi connectivity index (χ2n) is 30.2. The van der Waals surface area contributed by atoms with Gasteiger partial charge in [-0.15, -0.1) is 0 Å². The molecule has 0 fully saturated rings. The van der Waals surface area contributed by atoms with Crippen molar-refractivity contribution in [2.75, 3.05) is 47.5 Å². The number of rotatable bonds is 80. The van der Waals surface area contributed by atoms with Gasteiger partial charge < -0.3 is 27.9 Å². The maximum absolute atomic E-state index is 12.9. The van der Waals surface area contributed by atoms with Crippen molar-refractivity contribution in [2.24, 2.45) is 0 Å². The minimum atomic E-state index is -4.64. The Kier molecular flexibility index (Phi) is 75.5. The SMILES string of the molecule is CCCCCCC/C=C\C/C=C\CCCCCCCCCCCCCCCCCCCCCCCCCCCCCCCC(=O)OC(COC(=O)CCCCCCCCCCCCCCCCCCCCC/C=C\C/C=C\CCCCCCC)COP(=O)([O-])OCC[N+](C)(C)C. The standard InChI is InChI=1S/C86H164NO8P/c1-6-8-10-12-14-16-18-20-22-24-26-28-30-32-34-36-38-39-40-41-42-43-44-45-46-47-49-51-53-55-57-59-61-63-65-67-69-71-73-75-77-79-86(89)95-84(83-94-96(90,91)93-81-80-87(3,4)5)82-92-85(88)78-76-74-72-70-68-66-64-62-60-58-56-54-52-50-48-37-35-33-31-29-27-25-23-21-19-17-15-13-11-9-7-2/h18-21,24-27,84H,6-17,22-23,28-83H2,1-5H3/b20-18-,21-19-,26-24-,27-25-. The molecular weight excluding hydrogens is 1210 g/mol. The van der Waals surface area contributed by atoms with Gasteiger partial charge in [-0.25, -0.2) is 0 Å². The first kappa shape index (κ1) is 94.0. The van der Waals surface area contributed by atoms with Crippen molar-refractivity contribution >= 4 is 19.8 Å². The van der Waals surface area contributed by atoms with Gasteiger partial charge in [0.1, 0.15) is 19.8 Å². The van der Waals surface area contributed by atoms with E-state index in [-0.39, 0.29) is 32.0 Å². The van der Waals surface area contributed by atoms with Crippen LogP contribution < -0.4 is 4.89 Å². The van der Waals surface area contributed by atoms with Crippen molar-refractivity contribution in [3.05, 3.63) is 48.6 Å². The molecule has 0 aliphatic rings. The van der Waals surface area contributed by atoms with Crippen LogP contribution in [0.4, 0.5) is 0 Å². The molecule has 0 bridgehead atoms. The van der Waals surface area contributed by atoms with Crippen molar-refractivity contribution in [3.8, 4) is 0 Å². The fourth-order valence-corrected chi connectivity index (χ4v) is 13.6. The molecule has 0 heterocycles. The quantitative estimate of drug-likeness (QED) is 0.0195. The molecule has 96 heavy (non-hydrogen) atoms. The van der Waals surface area contributed by atoms with Crippen LogP contribution in [0.3, 0.4) is 0 Å². The van der Waals surface area contributed by atoms with E-state index in [1.54, 1.807) is 0 Å². The van der Waals surface area contributed by atoms with Crippen LogP contribution in [0.25, 0.3) is 0 Å². The minimum absolute atomic E-state index is 0.0276. The van der Waals surface area contributed by atoms with Crippen LogP contribution in [0.15, 0.2) is 48.6 Å². The molecule has 0 aliphatic carbocycles. The van der Waals surface area contributed by atoms with E-state index in [9.17, 15) is 19.0 Å². The number of unbranched alkanes of at least 4 members (excludes halogenated alkanes) is 58.